The SMILES string of the molecule is Cc1cc(C(=O)N(C)Cc2ccc(F)cc2F)c2c(C)nn(C)c2n1. The van der Waals surface area contributed by atoms with Crippen LogP contribution in [0, 0.1) is 25.5 Å². The van der Waals surface area contributed by atoms with Crippen LogP contribution in [0.15, 0.2) is 24.3 Å². The van der Waals surface area contributed by atoms with Gasteiger partial charge < -0.3 is 4.90 Å². The van der Waals surface area contributed by atoms with Gasteiger partial charge in [-0.05, 0) is 26.0 Å². The van der Waals surface area contributed by atoms with Crippen LogP contribution in [0.5, 0.6) is 0 Å². The fraction of sp³-hybridized carbons (Fsp3) is 0.278. The number of pyridine rings is 1. The summed E-state index contributed by atoms with van der Waals surface area (Å²) < 4.78 is 28.5. The Kier molecular flexibility index (Phi) is 4.24. The van der Waals surface area contributed by atoms with Crippen molar-refractivity contribution in [2.24, 2.45) is 7.05 Å². The van der Waals surface area contributed by atoms with Crippen LogP contribution < -0.4 is 0 Å². The van der Waals surface area contributed by atoms with Gasteiger partial charge in [-0.2, -0.15) is 5.10 Å². The predicted octanol–water partition coefficient (Wildman–Crippen LogP) is 3.14. The number of aryl methyl sites for hydroxylation is 3. The van der Waals surface area contributed by atoms with Crippen molar-refractivity contribution < 1.29 is 13.6 Å². The maximum atomic E-state index is 13.9. The maximum Gasteiger partial charge on any atom is 0.254 e. The first-order valence-electron chi connectivity index (χ1n) is 7.78. The highest BCUT2D eigenvalue weighted by atomic mass is 19.1. The third-order valence-electron chi connectivity index (χ3n) is 4.10. The smallest absolute Gasteiger partial charge is 0.254 e. The largest absolute Gasteiger partial charge is 0.337 e. The van der Waals surface area contributed by atoms with Gasteiger partial charge in [-0.25, -0.2) is 13.8 Å². The number of amides is 1. The first kappa shape index (κ1) is 17.0. The lowest BCUT2D eigenvalue weighted by atomic mass is 10.1. The maximum absolute atomic E-state index is 13.9. The standard InChI is InChI=1S/C18H18F2N4O/c1-10-7-14(16-11(2)22-24(4)17(16)21-10)18(25)23(3)9-12-5-6-13(19)8-15(12)20/h5-8H,9H2,1-4H3. The van der Waals surface area contributed by atoms with Crippen LogP contribution in [0.3, 0.4) is 0 Å². The molecule has 0 atom stereocenters. The van der Waals surface area contributed by atoms with Gasteiger partial charge in [0.25, 0.3) is 5.91 Å². The van der Waals surface area contributed by atoms with Crippen molar-refractivity contribution in [1.29, 1.82) is 0 Å². The van der Waals surface area contributed by atoms with Gasteiger partial charge in [0.2, 0.25) is 0 Å². The molecule has 7 heteroatoms. The lowest BCUT2D eigenvalue weighted by Gasteiger charge is -2.18. The van der Waals surface area contributed by atoms with Crippen LogP contribution in [0.1, 0.15) is 27.3 Å². The lowest BCUT2D eigenvalue weighted by molar-refractivity contribution is 0.0785. The molecule has 3 rings (SSSR count). The number of halogens is 2. The van der Waals surface area contributed by atoms with Gasteiger partial charge in [0.1, 0.15) is 11.6 Å². The molecule has 5 nitrogen and oxygen atoms in total. The molecule has 0 radical (unpaired) electrons. The Hall–Kier alpha value is -2.83. The average Bonchev–Trinajstić information content (AvgIpc) is 2.83. The Morgan fingerprint density at radius 3 is 2.64 bits per heavy atom. The molecular formula is C18H18F2N4O. The van der Waals surface area contributed by atoms with E-state index in [-0.39, 0.29) is 18.0 Å². The van der Waals surface area contributed by atoms with Crippen molar-refractivity contribution >= 4 is 16.9 Å². The zero-order valence-electron chi connectivity index (χ0n) is 14.5. The van der Waals surface area contributed by atoms with Crippen LogP contribution in [0.4, 0.5) is 8.78 Å². The Labute approximate surface area is 143 Å². The van der Waals surface area contributed by atoms with Crippen LogP contribution in [0.2, 0.25) is 0 Å². The van der Waals surface area contributed by atoms with Gasteiger partial charge >= 0.3 is 0 Å². The number of aromatic nitrogens is 3. The van der Waals surface area contributed by atoms with E-state index in [9.17, 15) is 13.6 Å². The summed E-state index contributed by atoms with van der Waals surface area (Å²) >= 11 is 0. The van der Waals surface area contributed by atoms with Gasteiger partial charge in [-0.15, -0.1) is 0 Å². The minimum absolute atomic E-state index is 0.0348. The number of rotatable bonds is 3. The fourth-order valence-corrected chi connectivity index (χ4v) is 2.92. The third-order valence-corrected chi connectivity index (χ3v) is 4.10. The highest BCUT2D eigenvalue weighted by Gasteiger charge is 2.21. The van der Waals surface area contributed by atoms with Crippen molar-refractivity contribution in [3.8, 4) is 0 Å². The van der Waals surface area contributed by atoms with E-state index in [0.717, 1.165) is 6.07 Å². The Balaban J connectivity index is 1.99. The van der Waals surface area contributed by atoms with E-state index < -0.39 is 11.6 Å². The Morgan fingerprint density at radius 2 is 1.96 bits per heavy atom. The summed E-state index contributed by atoms with van der Waals surface area (Å²) in [6, 6.07) is 5.04. The zero-order valence-corrected chi connectivity index (χ0v) is 14.5. The van der Waals surface area contributed by atoms with Gasteiger partial charge in [0.05, 0.1) is 16.6 Å². The van der Waals surface area contributed by atoms with Crippen LogP contribution >= 0.6 is 0 Å². The highest BCUT2D eigenvalue weighted by molar-refractivity contribution is 6.06. The number of benzene rings is 1. The third kappa shape index (κ3) is 3.09. The Bertz CT molecular complexity index is 981. The second-order valence-corrected chi connectivity index (χ2v) is 6.12. The van der Waals surface area contributed by atoms with E-state index in [2.05, 4.69) is 10.1 Å². The number of carbonyl (C=O) groups excluding carboxylic acids is 1. The molecule has 0 N–H and O–H groups in total. The summed E-state index contributed by atoms with van der Waals surface area (Å²) in [5.74, 6) is -1.59. The molecule has 0 unspecified atom stereocenters. The number of nitrogens with zero attached hydrogens (tertiary/aromatic N) is 4. The van der Waals surface area contributed by atoms with E-state index in [4.69, 9.17) is 0 Å². The predicted molar refractivity (Wildman–Crippen MR) is 90.1 cm³/mol. The van der Waals surface area contributed by atoms with Crippen molar-refractivity contribution in [3.63, 3.8) is 0 Å². The van der Waals surface area contributed by atoms with Crippen LogP contribution in [-0.4, -0.2) is 32.6 Å². The molecule has 0 aliphatic rings. The molecule has 3 aromatic rings. The van der Waals surface area contributed by atoms with Gasteiger partial charge in [-0.1, -0.05) is 6.07 Å². The number of fused-ring (bicyclic) bond motifs is 1. The van der Waals surface area contributed by atoms with Crippen molar-refractivity contribution in [1.82, 2.24) is 19.7 Å². The van der Waals surface area contributed by atoms with Crippen molar-refractivity contribution in [2.75, 3.05) is 7.05 Å². The number of hydrogen-bond acceptors (Lipinski definition) is 3. The molecule has 2 aromatic heterocycles. The quantitative estimate of drug-likeness (QED) is 0.733. The topological polar surface area (TPSA) is 51.0 Å². The second kappa shape index (κ2) is 6.23. The first-order chi connectivity index (χ1) is 11.8. The summed E-state index contributed by atoms with van der Waals surface area (Å²) in [6.45, 7) is 3.65. The molecule has 0 bridgehead atoms. The normalized spacial score (nSPS) is 11.1. The molecular weight excluding hydrogens is 326 g/mol. The summed E-state index contributed by atoms with van der Waals surface area (Å²) in [7, 11) is 3.35. The molecule has 0 saturated carbocycles. The molecule has 1 amide bonds. The summed E-state index contributed by atoms with van der Waals surface area (Å²) in [6.07, 6.45) is 0. The minimum Gasteiger partial charge on any atom is -0.337 e. The molecule has 2 heterocycles. The summed E-state index contributed by atoms with van der Waals surface area (Å²) in [4.78, 5) is 18.8. The molecule has 25 heavy (non-hydrogen) atoms. The van der Waals surface area contributed by atoms with Crippen LogP contribution in [0.25, 0.3) is 11.0 Å². The van der Waals surface area contributed by atoms with E-state index in [1.807, 2.05) is 6.92 Å². The van der Waals surface area contributed by atoms with Crippen molar-refractivity contribution in [2.45, 2.75) is 20.4 Å². The van der Waals surface area contributed by atoms with Gasteiger partial charge in [0.15, 0.2) is 5.65 Å². The fourth-order valence-electron chi connectivity index (χ4n) is 2.92. The summed E-state index contributed by atoms with van der Waals surface area (Å²) in [5, 5.41) is 5.01. The minimum atomic E-state index is -0.673. The number of hydrogen-bond donors (Lipinski definition) is 0. The lowest BCUT2D eigenvalue weighted by Crippen LogP contribution is -2.27. The molecule has 0 aliphatic heterocycles. The van der Waals surface area contributed by atoms with Crippen LogP contribution in [-0.2, 0) is 13.6 Å². The monoisotopic (exact) mass is 344 g/mol. The molecule has 0 spiro atoms. The van der Waals surface area contributed by atoms with E-state index in [1.165, 1.54) is 17.0 Å². The summed E-state index contributed by atoms with van der Waals surface area (Å²) in [5.41, 5.74) is 2.75. The molecule has 0 saturated heterocycles. The van der Waals surface area contributed by atoms with Gasteiger partial charge in [-0.3, -0.25) is 9.48 Å². The Morgan fingerprint density at radius 1 is 1.24 bits per heavy atom. The van der Waals surface area contributed by atoms with Gasteiger partial charge in [0, 0.05) is 38.0 Å². The van der Waals surface area contributed by atoms with E-state index in [0.29, 0.717) is 28.0 Å². The van der Waals surface area contributed by atoms with E-state index in [1.54, 1.807) is 31.8 Å². The average molecular weight is 344 g/mol. The second-order valence-electron chi connectivity index (χ2n) is 6.12. The molecule has 1 aromatic carbocycles. The van der Waals surface area contributed by atoms with Crippen molar-refractivity contribution in [3.05, 3.63) is 58.4 Å². The zero-order chi connectivity index (χ0) is 18.3. The number of carbonyl (C=O) groups is 1. The first-order valence-corrected chi connectivity index (χ1v) is 7.78. The molecule has 130 valence electrons. The molecule has 0 fully saturated rings. The highest BCUT2D eigenvalue weighted by Crippen LogP contribution is 2.23. The molecule has 0 aliphatic carbocycles. The van der Waals surface area contributed by atoms with E-state index >= 15 is 0 Å².